The van der Waals surface area contributed by atoms with Gasteiger partial charge in [-0.3, -0.25) is 9.59 Å². The molecule has 1 aliphatic rings. The van der Waals surface area contributed by atoms with Crippen LogP contribution in [0.5, 0.6) is 0 Å². The second-order valence-electron chi connectivity index (χ2n) is 4.32. The molecule has 0 heterocycles. The zero-order chi connectivity index (χ0) is 13.1. The van der Waals surface area contributed by atoms with E-state index in [1.54, 1.807) is 31.2 Å². The van der Waals surface area contributed by atoms with E-state index in [1.807, 2.05) is 0 Å². The Morgan fingerprint density at radius 2 is 2.06 bits per heavy atom. The van der Waals surface area contributed by atoms with Crippen LogP contribution in [0.2, 0.25) is 5.02 Å². The first kappa shape index (κ1) is 12.9. The van der Waals surface area contributed by atoms with E-state index in [0.29, 0.717) is 10.7 Å². The summed E-state index contributed by atoms with van der Waals surface area (Å²) in [7, 11) is 0. The molecule has 1 N–H and O–H groups in total. The number of ether oxygens (including phenoxy) is 1. The quantitative estimate of drug-likeness (QED) is 0.853. The van der Waals surface area contributed by atoms with Crippen LogP contribution < -0.4 is 5.32 Å². The van der Waals surface area contributed by atoms with Gasteiger partial charge in [-0.25, -0.2) is 0 Å². The van der Waals surface area contributed by atoms with Crippen molar-refractivity contribution in [2.24, 2.45) is 5.92 Å². The minimum absolute atomic E-state index is 0.0134. The molecule has 0 saturated heterocycles. The van der Waals surface area contributed by atoms with Crippen LogP contribution in [0, 0.1) is 5.92 Å². The highest BCUT2D eigenvalue weighted by atomic mass is 35.5. The molecular weight excluding hydrogens is 254 g/mol. The summed E-state index contributed by atoms with van der Waals surface area (Å²) in [6, 6.07) is 6.91. The van der Waals surface area contributed by atoms with Crippen molar-refractivity contribution >= 4 is 29.2 Å². The lowest BCUT2D eigenvalue weighted by molar-refractivity contribution is -0.154. The Morgan fingerprint density at radius 1 is 1.39 bits per heavy atom. The van der Waals surface area contributed by atoms with E-state index < -0.39 is 6.10 Å². The first-order valence-electron chi connectivity index (χ1n) is 5.84. The number of rotatable bonds is 4. The summed E-state index contributed by atoms with van der Waals surface area (Å²) in [5.41, 5.74) is 0.512. The van der Waals surface area contributed by atoms with Crippen LogP contribution in [0.1, 0.15) is 19.8 Å². The number of para-hydroxylation sites is 1. The second kappa shape index (κ2) is 5.40. The van der Waals surface area contributed by atoms with Gasteiger partial charge >= 0.3 is 5.97 Å². The zero-order valence-electron chi connectivity index (χ0n) is 9.98. The summed E-state index contributed by atoms with van der Waals surface area (Å²) in [6.07, 6.45) is 0.907. The molecule has 1 aromatic rings. The van der Waals surface area contributed by atoms with Crippen molar-refractivity contribution in [2.45, 2.75) is 25.9 Å². The second-order valence-corrected chi connectivity index (χ2v) is 4.73. The van der Waals surface area contributed by atoms with Crippen LogP contribution in [0.3, 0.4) is 0 Å². The van der Waals surface area contributed by atoms with Gasteiger partial charge in [-0.2, -0.15) is 0 Å². The SMILES string of the molecule is C[C@H](OC(=O)C1CC1)C(=O)Nc1ccccc1Cl. The topological polar surface area (TPSA) is 55.4 Å². The molecule has 1 saturated carbocycles. The van der Waals surface area contributed by atoms with Crippen LogP contribution in [-0.4, -0.2) is 18.0 Å². The highest BCUT2D eigenvalue weighted by Crippen LogP contribution is 2.30. The summed E-state index contributed by atoms with van der Waals surface area (Å²) in [4.78, 5) is 23.2. The van der Waals surface area contributed by atoms with Crippen molar-refractivity contribution in [1.82, 2.24) is 0 Å². The summed E-state index contributed by atoms with van der Waals surface area (Å²) in [5.74, 6) is -0.686. The molecule has 1 atom stereocenters. The molecule has 96 valence electrons. The van der Waals surface area contributed by atoms with Crippen LogP contribution in [0.4, 0.5) is 5.69 Å². The van der Waals surface area contributed by atoms with Crippen molar-refractivity contribution in [2.75, 3.05) is 5.32 Å². The van der Waals surface area contributed by atoms with E-state index in [2.05, 4.69) is 5.32 Å². The molecule has 0 unspecified atom stereocenters. The average Bonchev–Trinajstić information content (AvgIpc) is 3.15. The van der Waals surface area contributed by atoms with Crippen LogP contribution >= 0.6 is 11.6 Å². The number of carbonyl (C=O) groups excluding carboxylic acids is 2. The van der Waals surface area contributed by atoms with Gasteiger partial charge in [0.15, 0.2) is 6.10 Å². The minimum atomic E-state index is -0.811. The largest absolute Gasteiger partial charge is 0.452 e. The Morgan fingerprint density at radius 3 is 2.67 bits per heavy atom. The van der Waals surface area contributed by atoms with E-state index in [4.69, 9.17) is 16.3 Å². The summed E-state index contributed by atoms with van der Waals surface area (Å²) in [5, 5.41) is 3.08. The number of benzene rings is 1. The first-order chi connectivity index (χ1) is 8.58. The number of hydrogen-bond acceptors (Lipinski definition) is 3. The number of anilines is 1. The molecule has 1 fully saturated rings. The average molecular weight is 268 g/mol. The van der Waals surface area contributed by atoms with Gasteiger partial charge in [0.05, 0.1) is 16.6 Å². The molecule has 1 amide bonds. The maximum absolute atomic E-state index is 11.8. The van der Waals surface area contributed by atoms with E-state index in [9.17, 15) is 9.59 Å². The Labute approximate surface area is 110 Å². The van der Waals surface area contributed by atoms with Gasteiger partial charge in [0, 0.05) is 0 Å². The van der Waals surface area contributed by atoms with Gasteiger partial charge in [-0.05, 0) is 31.9 Å². The maximum Gasteiger partial charge on any atom is 0.309 e. The van der Waals surface area contributed by atoms with Gasteiger partial charge in [0.25, 0.3) is 5.91 Å². The van der Waals surface area contributed by atoms with Gasteiger partial charge in [0.2, 0.25) is 0 Å². The molecular formula is C13H14ClNO3. The predicted molar refractivity (Wildman–Crippen MR) is 68.4 cm³/mol. The summed E-state index contributed by atoms with van der Waals surface area (Å²) in [6.45, 7) is 1.55. The van der Waals surface area contributed by atoms with Gasteiger partial charge in [-0.1, -0.05) is 23.7 Å². The smallest absolute Gasteiger partial charge is 0.309 e. The molecule has 5 heteroatoms. The highest BCUT2D eigenvalue weighted by molar-refractivity contribution is 6.33. The Hall–Kier alpha value is -1.55. The molecule has 4 nitrogen and oxygen atoms in total. The molecule has 1 aliphatic carbocycles. The molecule has 0 aliphatic heterocycles. The molecule has 1 aromatic carbocycles. The van der Waals surface area contributed by atoms with Crippen LogP contribution in [0.25, 0.3) is 0 Å². The number of carbonyl (C=O) groups is 2. The molecule has 0 aromatic heterocycles. The lowest BCUT2D eigenvalue weighted by Crippen LogP contribution is -2.30. The standard InChI is InChI=1S/C13H14ClNO3/c1-8(18-13(17)9-6-7-9)12(16)15-11-5-3-2-4-10(11)14/h2-5,8-9H,6-7H2,1H3,(H,15,16)/t8-/m0/s1. The molecule has 0 bridgehead atoms. The Kier molecular flexibility index (Phi) is 3.87. The highest BCUT2D eigenvalue weighted by Gasteiger charge is 2.33. The third-order valence-corrected chi connectivity index (χ3v) is 3.03. The van der Waals surface area contributed by atoms with E-state index in [-0.39, 0.29) is 17.8 Å². The van der Waals surface area contributed by atoms with Crippen LogP contribution in [-0.2, 0) is 14.3 Å². The Bertz CT molecular complexity index is 471. The number of hydrogen-bond donors (Lipinski definition) is 1. The molecule has 0 spiro atoms. The zero-order valence-corrected chi connectivity index (χ0v) is 10.7. The first-order valence-corrected chi connectivity index (χ1v) is 6.21. The monoisotopic (exact) mass is 267 g/mol. The number of halogens is 1. The van der Waals surface area contributed by atoms with Crippen molar-refractivity contribution in [1.29, 1.82) is 0 Å². The van der Waals surface area contributed by atoms with E-state index in [1.165, 1.54) is 0 Å². The lowest BCUT2D eigenvalue weighted by Gasteiger charge is -2.13. The molecule has 18 heavy (non-hydrogen) atoms. The van der Waals surface area contributed by atoms with E-state index in [0.717, 1.165) is 12.8 Å². The number of esters is 1. The fourth-order valence-electron chi connectivity index (χ4n) is 1.44. The van der Waals surface area contributed by atoms with Crippen molar-refractivity contribution in [3.63, 3.8) is 0 Å². The predicted octanol–water partition coefficient (Wildman–Crippen LogP) is 2.62. The van der Waals surface area contributed by atoms with Gasteiger partial charge in [-0.15, -0.1) is 0 Å². The fourth-order valence-corrected chi connectivity index (χ4v) is 1.62. The van der Waals surface area contributed by atoms with Gasteiger partial charge < -0.3 is 10.1 Å². The van der Waals surface area contributed by atoms with Crippen LogP contribution in [0.15, 0.2) is 24.3 Å². The number of amides is 1. The lowest BCUT2D eigenvalue weighted by atomic mass is 10.3. The summed E-state index contributed by atoms with van der Waals surface area (Å²) >= 11 is 5.92. The molecule has 2 rings (SSSR count). The maximum atomic E-state index is 11.8. The van der Waals surface area contributed by atoms with Crippen molar-refractivity contribution in [3.05, 3.63) is 29.3 Å². The van der Waals surface area contributed by atoms with Gasteiger partial charge in [0.1, 0.15) is 0 Å². The third-order valence-electron chi connectivity index (χ3n) is 2.70. The minimum Gasteiger partial charge on any atom is -0.452 e. The normalized spacial score (nSPS) is 15.9. The molecule has 0 radical (unpaired) electrons. The Balaban J connectivity index is 1.90. The third kappa shape index (κ3) is 3.23. The fraction of sp³-hybridized carbons (Fsp3) is 0.385. The number of nitrogens with one attached hydrogen (secondary N) is 1. The summed E-state index contributed by atoms with van der Waals surface area (Å²) < 4.78 is 5.05. The van der Waals surface area contributed by atoms with E-state index >= 15 is 0 Å². The van der Waals surface area contributed by atoms with Crippen molar-refractivity contribution < 1.29 is 14.3 Å². The van der Waals surface area contributed by atoms with Crippen molar-refractivity contribution in [3.8, 4) is 0 Å².